The van der Waals surface area contributed by atoms with Crippen molar-refractivity contribution in [3.8, 4) is 0 Å². The predicted octanol–water partition coefficient (Wildman–Crippen LogP) is 9.96. The molecule has 0 saturated carbocycles. The molecule has 0 unspecified atom stereocenters. The van der Waals surface area contributed by atoms with E-state index in [1.807, 2.05) is 0 Å². The Morgan fingerprint density at radius 3 is 1.58 bits per heavy atom. The normalized spacial score (nSPS) is 11.4. The first-order chi connectivity index (χ1) is 15.1. The zero-order valence-electron chi connectivity index (χ0n) is 21.2. The molecule has 1 heteroatoms. The summed E-state index contributed by atoms with van der Waals surface area (Å²) >= 11 is 0. The van der Waals surface area contributed by atoms with Crippen molar-refractivity contribution < 1.29 is 4.79 Å². The van der Waals surface area contributed by atoms with Gasteiger partial charge >= 0.3 is 0 Å². The molecule has 0 aliphatic heterocycles. The van der Waals surface area contributed by atoms with Crippen LogP contribution >= 0.6 is 0 Å². The minimum absolute atomic E-state index is 0.405. The zero-order chi connectivity index (χ0) is 22.6. The fourth-order valence-electron chi connectivity index (χ4n) is 4.43. The second-order valence-corrected chi connectivity index (χ2v) is 10.0. The maximum Gasteiger partial charge on any atom is 0.137 e. The molecule has 0 fully saturated rings. The summed E-state index contributed by atoms with van der Waals surface area (Å²) < 4.78 is 0. The van der Waals surface area contributed by atoms with E-state index < -0.39 is 0 Å². The Balaban J connectivity index is 1.85. The van der Waals surface area contributed by atoms with Crippen LogP contribution in [0.4, 0.5) is 0 Å². The maximum atomic E-state index is 12.3. The fourth-order valence-corrected chi connectivity index (χ4v) is 4.43. The van der Waals surface area contributed by atoms with Gasteiger partial charge in [-0.2, -0.15) is 0 Å². The first-order valence-corrected chi connectivity index (χ1v) is 13.7. The third-order valence-electron chi connectivity index (χ3n) is 6.58. The van der Waals surface area contributed by atoms with Crippen molar-refractivity contribution in [2.24, 2.45) is 0 Å². The second-order valence-electron chi connectivity index (χ2n) is 10.0. The van der Waals surface area contributed by atoms with Crippen LogP contribution in [0.2, 0.25) is 0 Å². The van der Waals surface area contributed by atoms with Gasteiger partial charge in [0.2, 0.25) is 0 Å². The van der Waals surface area contributed by atoms with Gasteiger partial charge in [0.15, 0.2) is 0 Å². The highest BCUT2D eigenvalue weighted by atomic mass is 16.1. The first-order valence-electron chi connectivity index (χ1n) is 13.7. The zero-order valence-corrected chi connectivity index (χ0v) is 21.2. The summed E-state index contributed by atoms with van der Waals surface area (Å²) in [6.45, 7) is 6.70. The highest BCUT2D eigenvalue weighted by molar-refractivity contribution is 5.80. The van der Waals surface area contributed by atoms with E-state index >= 15 is 0 Å². The summed E-state index contributed by atoms with van der Waals surface area (Å²) in [5.74, 6) is 0.932. The number of Topliss-reactive ketones (excluding diaryl/α,β-unsaturated/α-hetero) is 1. The van der Waals surface area contributed by atoms with Crippen LogP contribution in [-0.2, 0) is 11.2 Å². The summed E-state index contributed by atoms with van der Waals surface area (Å²) in [5.41, 5.74) is 2.52. The molecule has 0 atom stereocenters. The van der Waals surface area contributed by atoms with Crippen molar-refractivity contribution in [2.45, 2.75) is 149 Å². The Bertz CT molecular complexity index is 545. The predicted molar refractivity (Wildman–Crippen MR) is 138 cm³/mol. The summed E-state index contributed by atoms with van der Waals surface area (Å²) in [6.07, 6.45) is 24.9. The monoisotopic (exact) mass is 428 g/mol. The van der Waals surface area contributed by atoms with Gasteiger partial charge in [-0.25, -0.2) is 0 Å². The lowest BCUT2D eigenvalue weighted by molar-refractivity contribution is -0.118. The molecular formula is C30H52O. The Kier molecular flexibility index (Phi) is 17.6. The lowest BCUT2D eigenvalue weighted by atomic mass is 9.97. The van der Waals surface area contributed by atoms with Crippen molar-refractivity contribution in [3.05, 3.63) is 35.4 Å². The van der Waals surface area contributed by atoms with E-state index in [1.54, 1.807) is 0 Å². The molecule has 0 saturated heterocycles. The van der Waals surface area contributed by atoms with E-state index in [4.69, 9.17) is 0 Å². The molecule has 0 spiro atoms. The molecule has 0 aliphatic carbocycles. The van der Waals surface area contributed by atoms with E-state index in [9.17, 15) is 4.79 Å². The quantitative estimate of drug-likeness (QED) is 0.178. The highest BCUT2D eigenvalue weighted by Crippen LogP contribution is 2.17. The number of rotatable bonds is 21. The largest absolute Gasteiger partial charge is 0.299 e. The van der Waals surface area contributed by atoms with E-state index in [0.717, 1.165) is 12.8 Å². The number of unbranched alkanes of at least 4 members (excludes halogenated alkanes) is 16. The molecule has 0 amide bonds. The first kappa shape index (κ1) is 27.9. The van der Waals surface area contributed by atoms with Crippen LogP contribution in [0.15, 0.2) is 24.3 Å². The third-order valence-corrected chi connectivity index (χ3v) is 6.58. The Labute approximate surface area is 194 Å². The molecule has 0 aromatic heterocycles. The maximum absolute atomic E-state index is 12.3. The molecule has 31 heavy (non-hydrogen) atoms. The number of hydrogen-bond donors (Lipinski definition) is 0. The molecule has 178 valence electrons. The van der Waals surface area contributed by atoms with Gasteiger partial charge in [-0.15, -0.1) is 0 Å². The van der Waals surface area contributed by atoms with Crippen LogP contribution in [0.5, 0.6) is 0 Å². The van der Waals surface area contributed by atoms with E-state index in [-0.39, 0.29) is 0 Å². The van der Waals surface area contributed by atoms with Crippen molar-refractivity contribution in [1.82, 2.24) is 0 Å². The van der Waals surface area contributed by atoms with E-state index in [1.165, 1.54) is 114 Å². The standard InChI is InChI=1S/C30H52O/c1-4-5-6-7-8-9-10-11-12-13-14-15-16-17-18-19-20-24-30(31)26-28-22-21-23-29(25-28)27(2)3/h21-23,25,27H,4-20,24,26H2,1-3H3. The number of benzene rings is 1. The minimum atomic E-state index is 0.405. The average Bonchev–Trinajstić information content (AvgIpc) is 2.76. The van der Waals surface area contributed by atoms with Crippen LogP contribution in [0.25, 0.3) is 0 Å². The van der Waals surface area contributed by atoms with Crippen LogP contribution in [0.1, 0.15) is 153 Å². The van der Waals surface area contributed by atoms with Gasteiger partial charge in [0.25, 0.3) is 0 Å². The van der Waals surface area contributed by atoms with E-state index in [2.05, 4.69) is 45.0 Å². The Morgan fingerprint density at radius 2 is 1.13 bits per heavy atom. The smallest absolute Gasteiger partial charge is 0.137 e. The van der Waals surface area contributed by atoms with Crippen LogP contribution in [0, 0.1) is 0 Å². The van der Waals surface area contributed by atoms with Gasteiger partial charge in [-0.3, -0.25) is 4.79 Å². The van der Waals surface area contributed by atoms with Crippen LogP contribution < -0.4 is 0 Å². The van der Waals surface area contributed by atoms with Gasteiger partial charge in [-0.05, 0) is 23.5 Å². The Morgan fingerprint density at radius 1 is 0.677 bits per heavy atom. The van der Waals surface area contributed by atoms with Gasteiger partial charge in [0.1, 0.15) is 5.78 Å². The number of carbonyl (C=O) groups excluding carboxylic acids is 1. The van der Waals surface area contributed by atoms with Crippen LogP contribution in [-0.4, -0.2) is 5.78 Å². The second kappa shape index (κ2) is 19.6. The van der Waals surface area contributed by atoms with E-state index in [0.29, 0.717) is 18.1 Å². The summed E-state index contributed by atoms with van der Waals surface area (Å²) in [5, 5.41) is 0. The molecule has 0 bridgehead atoms. The SMILES string of the molecule is CCCCCCCCCCCCCCCCCCCC(=O)Cc1cccc(C(C)C)c1. The van der Waals surface area contributed by atoms with Gasteiger partial charge in [-0.1, -0.05) is 148 Å². The molecule has 0 N–H and O–H groups in total. The molecule has 0 aliphatic rings. The average molecular weight is 429 g/mol. The molecule has 1 aromatic carbocycles. The lowest BCUT2D eigenvalue weighted by Gasteiger charge is -2.08. The topological polar surface area (TPSA) is 17.1 Å². The highest BCUT2D eigenvalue weighted by Gasteiger charge is 2.06. The van der Waals surface area contributed by atoms with Crippen molar-refractivity contribution >= 4 is 5.78 Å². The summed E-state index contributed by atoms with van der Waals surface area (Å²) in [7, 11) is 0. The molecule has 1 nitrogen and oxygen atoms in total. The minimum Gasteiger partial charge on any atom is -0.299 e. The van der Waals surface area contributed by atoms with Gasteiger partial charge in [0, 0.05) is 12.8 Å². The van der Waals surface area contributed by atoms with Crippen molar-refractivity contribution in [3.63, 3.8) is 0 Å². The molecular weight excluding hydrogens is 376 g/mol. The molecule has 1 rings (SSSR count). The number of carbonyl (C=O) groups is 1. The Hall–Kier alpha value is -1.11. The summed E-state index contributed by atoms with van der Waals surface area (Å²) in [6, 6.07) is 8.55. The fraction of sp³-hybridized carbons (Fsp3) is 0.767. The van der Waals surface area contributed by atoms with Crippen LogP contribution in [0.3, 0.4) is 0 Å². The number of ketones is 1. The van der Waals surface area contributed by atoms with Gasteiger partial charge in [0.05, 0.1) is 0 Å². The molecule has 0 heterocycles. The molecule has 1 aromatic rings. The third kappa shape index (κ3) is 16.2. The van der Waals surface area contributed by atoms with Crippen molar-refractivity contribution in [2.75, 3.05) is 0 Å². The van der Waals surface area contributed by atoms with Gasteiger partial charge < -0.3 is 0 Å². The molecule has 0 radical (unpaired) electrons. The lowest BCUT2D eigenvalue weighted by Crippen LogP contribution is -2.03. The summed E-state index contributed by atoms with van der Waals surface area (Å²) in [4.78, 5) is 12.3. The van der Waals surface area contributed by atoms with Crippen molar-refractivity contribution in [1.29, 1.82) is 0 Å². The number of hydrogen-bond acceptors (Lipinski definition) is 1.